The second-order valence-electron chi connectivity index (χ2n) is 4.01. The number of rotatable bonds is 4. The molecule has 2 aromatic rings. The second-order valence-corrected chi connectivity index (χ2v) is 4.92. The van der Waals surface area contributed by atoms with E-state index >= 15 is 0 Å². The van der Waals surface area contributed by atoms with E-state index < -0.39 is 5.97 Å². The number of carboxylic acid groups (broad SMARTS) is 1. The number of aryl methyl sites for hydroxylation is 1. The molecule has 1 aromatic heterocycles. The lowest BCUT2D eigenvalue weighted by molar-refractivity contribution is -0.133. The van der Waals surface area contributed by atoms with Crippen LogP contribution in [-0.2, 0) is 4.79 Å². The van der Waals surface area contributed by atoms with E-state index in [2.05, 4.69) is 38.3 Å². The van der Waals surface area contributed by atoms with Crippen molar-refractivity contribution in [2.45, 2.75) is 6.92 Å². The lowest BCUT2D eigenvalue weighted by Crippen LogP contribution is -2.25. The molecule has 0 radical (unpaired) electrons. The van der Waals surface area contributed by atoms with Crippen molar-refractivity contribution in [1.82, 2.24) is 10.4 Å². The first-order chi connectivity index (χ1) is 8.97. The minimum atomic E-state index is -1.11. The minimum absolute atomic E-state index is 0.127. The summed E-state index contributed by atoms with van der Waals surface area (Å²) in [5.41, 5.74) is 7.67. The number of anilines is 1. The van der Waals surface area contributed by atoms with Crippen molar-refractivity contribution < 1.29 is 9.90 Å². The molecule has 2 rings (SSSR count). The third-order valence-corrected chi connectivity index (χ3v) is 3.00. The van der Waals surface area contributed by atoms with E-state index in [1.54, 1.807) is 0 Å². The van der Waals surface area contributed by atoms with Crippen LogP contribution < -0.4 is 10.9 Å². The average Bonchev–Trinajstić information content (AvgIpc) is 2.36. The van der Waals surface area contributed by atoms with Crippen LogP contribution >= 0.6 is 15.9 Å². The van der Waals surface area contributed by atoms with E-state index in [9.17, 15) is 4.79 Å². The number of hydrazine groups is 1. The van der Waals surface area contributed by atoms with Crippen LogP contribution in [0, 0.1) is 6.92 Å². The minimum Gasteiger partial charge on any atom is -0.477 e. The van der Waals surface area contributed by atoms with Crippen LogP contribution in [-0.4, -0.2) is 16.1 Å². The fraction of sp³-hybridized carbons (Fsp3) is 0.0769. The van der Waals surface area contributed by atoms with Gasteiger partial charge in [-0.05, 0) is 31.2 Å². The lowest BCUT2D eigenvalue weighted by atomic mass is 10.1. The molecule has 98 valence electrons. The monoisotopic (exact) mass is 321 g/mol. The summed E-state index contributed by atoms with van der Waals surface area (Å²) in [7, 11) is 0. The average molecular weight is 322 g/mol. The number of hydrogen-bond donors (Lipinski definition) is 3. The zero-order valence-corrected chi connectivity index (χ0v) is 11.8. The second kappa shape index (κ2) is 5.27. The first-order valence-corrected chi connectivity index (χ1v) is 6.28. The summed E-state index contributed by atoms with van der Waals surface area (Å²) < 4.78 is 0.922. The van der Waals surface area contributed by atoms with E-state index in [0.717, 1.165) is 26.8 Å². The zero-order valence-electron chi connectivity index (χ0n) is 10.2. The van der Waals surface area contributed by atoms with E-state index in [1.165, 1.54) is 0 Å². The molecular weight excluding hydrogens is 310 g/mol. The van der Waals surface area contributed by atoms with Crippen LogP contribution in [0.4, 0.5) is 5.69 Å². The molecule has 19 heavy (non-hydrogen) atoms. The molecular formula is C13H12BrN3O2. The molecule has 0 saturated heterocycles. The van der Waals surface area contributed by atoms with Crippen molar-refractivity contribution >= 4 is 38.5 Å². The van der Waals surface area contributed by atoms with Crippen LogP contribution in [0.25, 0.3) is 10.9 Å². The standard InChI is InChI=1S/C13H12BrN3O2/c1-7-5-12(17-16-8(2)13(18)19)10-6-9(14)3-4-11(10)15-7/h3-6,16H,2H2,1H3,(H,15,17)(H,18,19). The topological polar surface area (TPSA) is 74.2 Å². The highest BCUT2D eigenvalue weighted by molar-refractivity contribution is 9.10. The number of carbonyl (C=O) groups is 1. The van der Waals surface area contributed by atoms with Gasteiger partial charge in [0.05, 0.1) is 11.2 Å². The molecule has 6 heteroatoms. The Balaban J connectivity index is 2.38. The first-order valence-electron chi connectivity index (χ1n) is 5.48. The number of aromatic nitrogens is 1. The van der Waals surface area contributed by atoms with Crippen molar-refractivity contribution in [3.8, 4) is 0 Å². The summed E-state index contributed by atoms with van der Waals surface area (Å²) >= 11 is 3.40. The van der Waals surface area contributed by atoms with E-state index in [1.807, 2.05) is 31.2 Å². The van der Waals surface area contributed by atoms with Crippen LogP contribution in [0.3, 0.4) is 0 Å². The number of carboxylic acids is 1. The van der Waals surface area contributed by atoms with Crippen LogP contribution in [0.5, 0.6) is 0 Å². The van der Waals surface area contributed by atoms with E-state index in [0.29, 0.717) is 0 Å². The SMILES string of the molecule is C=C(NNc1cc(C)nc2ccc(Br)cc12)C(=O)O. The molecule has 0 aliphatic heterocycles. The third-order valence-electron chi connectivity index (χ3n) is 2.51. The molecule has 0 fully saturated rings. The Morgan fingerprint density at radius 3 is 2.84 bits per heavy atom. The van der Waals surface area contributed by atoms with Gasteiger partial charge in [-0.1, -0.05) is 22.5 Å². The number of nitrogens with one attached hydrogen (secondary N) is 2. The predicted molar refractivity (Wildman–Crippen MR) is 77.7 cm³/mol. The van der Waals surface area contributed by atoms with Gasteiger partial charge in [-0.15, -0.1) is 0 Å². The summed E-state index contributed by atoms with van der Waals surface area (Å²) in [6.07, 6.45) is 0. The summed E-state index contributed by atoms with van der Waals surface area (Å²) in [6.45, 7) is 5.26. The molecule has 0 unspecified atom stereocenters. The van der Waals surface area contributed by atoms with Gasteiger partial charge in [0.2, 0.25) is 0 Å². The molecule has 0 amide bonds. The van der Waals surface area contributed by atoms with Gasteiger partial charge in [-0.3, -0.25) is 15.8 Å². The maximum absolute atomic E-state index is 10.7. The van der Waals surface area contributed by atoms with Gasteiger partial charge in [0.25, 0.3) is 0 Å². The number of fused-ring (bicyclic) bond motifs is 1. The number of nitrogens with zero attached hydrogens (tertiary/aromatic N) is 1. The highest BCUT2D eigenvalue weighted by Crippen LogP contribution is 2.26. The summed E-state index contributed by atoms with van der Waals surface area (Å²) in [4.78, 5) is 15.1. The summed E-state index contributed by atoms with van der Waals surface area (Å²) in [6, 6.07) is 7.54. The van der Waals surface area contributed by atoms with Gasteiger partial charge in [0.15, 0.2) is 0 Å². The largest absolute Gasteiger partial charge is 0.477 e. The molecule has 1 aromatic carbocycles. The van der Waals surface area contributed by atoms with Crippen molar-refractivity contribution in [3.05, 3.63) is 46.7 Å². The Morgan fingerprint density at radius 2 is 2.16 bits per heavy atom. The molecule has 0 aliphatic carbocycles. The number of halogens is 1. The molecule has 0 spiro atoms. The molecule has 0 atom stereocenters. The van der Waals surface area contributed by atoms with Crippen LogP contribution in [0.1, 0.15) is 5.69 Å². The summed E-state index contributed by atoms with van der Waals surface area (Å²) in [5, 5.41) is 9.63. The quantitative estimate of drug-likeness (QED) is 0.596. The number of hydrogen-bond acceptors (Lipinski definition) is 4. The van der Waals surface area contributed by atoms with Crippen molar-refractivity contribution in [2.75, 3.05) is 5.43 Å². The Kier molecular flexibility index (Phi) is 3.71. The highest BCUT2D eigenvalue weighted by atomic mass is 79.9. The fourth-order valence-electron chi connectivity index (χ4n) is 1.63. The Bertz CT molecular complexity index is 670. The normalized spacial score (nSPS) is 10.2. The van der Waals surface area contributed by atoms with Crippen LogP contribution in [0.15, 0.2) is 41.0 Å². The van der Waals surface area contributed by atoms with Gasteiger partial charge in [0.1, 0.15) is 5.70 Å². The molecule has 5 nitrogen and oxygen atoms in total. The predicted octanol–water partition coefficient (Wildman–Crippen LogP) is 2.82. The van der Waals surface area contributed by atoms with E-state index in [-0.39, 0.29) is 5.70 Å². The molecule has 0 saturated carbocycles. The fourth-order valence-corrected chi connectivity index (χ4v) is 1.99. The van der Waals surface area contributed by atoms with Crippen molar-refractivity contribution in [2.24, 2.45) is 0 Å². The number of benzene rings is 1. The Hall–Kier alpha value is -2.08. The van der Waals surface area contributed by atoms with Gasteiger partial charge < -0.3 is 5.11 Å². The maximum atomic E-state index is 10.7. The molecule has 0 bridgehead atoms. The smallest absolute Gasteiger partial charge is 0.353 e. The highest BCUT2D eigenvalue weighted by Gasteiger charge is 2.07. The summed E-state index contributed by atoms with van der Waals surface area (Å²) in [5.74, 6) is -1.11. The maximum Gasteiger partial charge on any atom is 0.353 e. The van der Waals surface area contributed by atoms with Crippen molar-refractivity contribution in [3.63, 3.8) is 0 Å². The zero-order chi connectivity index (χ0) is 14.0. The first kappa shape index (κ1) is 13.4. The van der Waals surface area contributed by atoms with Gasteiger partial charge in [-0.25, -0.2) is 4.79 Å². The number of aliphatic carboxylic acids is 1. The number of pyridine rings is 1. The third kappa shape index (κ3) is 3.03. The van der Waals surface area contributed by atoms with Crippen LogP contribution in [0.2, 0.25) is 0 Å². The van der Waals surface area contributed by atoms with Gasteiger partial charge in [0, 0.05) is 15.6 Å². The molecule has 3 N–H and O–H groups in total. The van der Waals surface area contributed by atoms with E-state index in [4.69, 9.17) is 5.11 Å². The van der Waals surface area contributed by atoms with Gasteiger partial charge in [-0.2, -0.15) is 0 Å². The van der Waals surface area contributed by atoms with Crippen molar-refractivity contribution in [1.29, 1.82) is 0 Å². The lowest BCUT2D eigenvalue weighted by Gasteiger charge is -2.12. The Morgan fingerprint density at radius 1 is 1.42 bits per heavy atom. The Labute approximate surface area is 118 Å². The molecule has 1 heterocycles. The van der Waals surface area contributed by atoms with Gasteiger partial charge >= 0.3 is 5.97 Å². The molecule has 0 aliphatic rings.